The van der Waals surface area contributed by atoms with Crippen LogP contribution in [0.5, 0.6) is 0 Å². The van der Waals surface area contributed by atoms with Gasteiger partial charge in [0.1, 0.15) is 0 Å². The van der Waals surface area contributed by atoms with Gasteiger partial charge in [0.2, 0.25) is 0 Å². The molecule has 0 N–H and O–H groups in total. The van der Waals surface area contributed by atoms with Crippen molar-refractivity contribution in [2.24, 2.45) is 0 Å². The number of rotatable bonds is 2. The van der Waals surface area contributed by atoms with Gasteiger partial charge in [-0.1, -0.05) is 43.5 Å². The van der Waals surface area contributed by atoms with E-state index in [1.165, 1.54) is 25.7 Å². The highest BCUT2D eigenvalue weighted by Crippen LogP contribution is 2.67. The summed E-state index contributed by atoms with van der Waals surface area (Å²) in [6.45, 7) is 10.1. The van der Waals surface area contributed by atoms with Crippen LogP contribution in [0.4, 0.5) is 0 Å². The van der Waals surface area contributed by atoms with Gasteiger partial charge in [0.25, 0.3) is 0 Å². The molecule has 0 spiro atoms. The van der Waals surface area contributed by atoms with Crippen LogP contribution in [-0.2, 0) is 0 Å². The minimum atomic E-state index is 0.397. The van der Waals surface area contributed by atoms with Crippen molar-refractivity contribution < 1.29 is 0 Å². The van der Waals surface area contributed by atoms with Crippen LogP contribution < -0.4 is 0 Å². The average Bonchev–Trinajstić information content (AvgIpc) is 2.67. The number of hydrogen-bond acceptors (Lipinski definition) is 0. The van der Waals surface area contributed by atoms with E-state index in [0.717, 1.165) is 22.6 Å². The molecule has 0 radical (unpaired) electrons. The molecule has 0 aromatic heterocycles. The first-order valence-electron chi connectivity index (χ1n) is 6.61. The Bertz CT molecular complexity index is 175. The zero-order valence-electron chi connectivity index (χ0n) is 10.7. The topological polar surface area (TPSA) is 0 Å². The first-order chi connectivity index (χ1) is 7.09. The third-order valence-corrected chi connectivity index (χ3v) is 12.8. The zero-order valence-corrected chi connectivity index (χ0v) is 12.5. The van der Waals surface area contributed by atoms with Crippen molar-refractivity contribution in [1.29, 1.82) is 0 Å². The van der Waals surface area contributed by atoms with Gasteiger partial charge in [0.05, 0.1) is 0 Å². The summed E-state index contributed by atoms with van der Waals surface area (Å²) in [4.78, 5) is 0. The molecule has 2 fully saturated rings. The third-order valence-electron chi connectivity index (χ3n) is 4.60. The van der Waals surface area contributed by atoms with Gasteiger partial charge in [-0.15, -0.1) is 0 Å². The normalized spacial score (nSPS) is 44.0. The Morgan fingerprint density at radius 1 is 0.667 bits per heavy atom. The molecule has 2 aliphatic rings. The van der Waals surface area contributed by atoms with Crippen LogP contribution in [0.1, 0.15) is 53.4 Å². The Balaban J connectivity index is 1.95. The highest BCUT2D eigenvalue weighted by Gasteiger charge is 2.36. The van der Waals surface area contributed by atoms with Gasteiger partial charge in [0.15, 0.2) is 0 Å². The Labute approximate surface area is 98.1 Å². The van der Waals surface area contributed by atoms with E-state index in [0.29, 0.717) is 15.8 Å². The second kappa shape index (κ2) is 5.01. The predicted octanol–water partition coefficient (Wildman–Crippen LogP) is 5.05. The smallest absolute Gasteiger partial charge is 0.0111 e. The molecule has 0 unspecified atom stereocenters. The molecule has 0 aromatic carbocycles. The molecule has 0 aromatic rings. The molecule has 0 amide bonds. The molecule has 4 atom stereocenters. The van der Waals surface area contributed by atoms with Crippen LogP contribution in [0.3, 0.4) is 0 Å². The molecule has 88 valence electrons. The second-order valence-electron chi connectivity index (χ2n) is 5.72. The van der Waals surface area contributed by atoms with Gasteiger partial charge >= 0.3 is 0 Å². The lowest BCUT2D eigenvalue weighted by Gasteiger charge is -2.29. The monoisotopic (exact) mass is 244 g/mol. The molecule has 2 rings (SSSR count). The summed E-state index contributed by atoms with van der Waals surface area (Å²) in [5, 5.41) is 0. The molecule has 0 bridgehead atoms. The van der Waals surface area contributed by atoms with Gasteiger partial charge in [-0.3, -0.25) is 0 Å². The van der Waals surface area contributed by atoms with Crippen LogP contribution in [0.15, 0.2) is 0 Å². The quantitative estimate of drug-likeness (QED) is 0.596. The van der Waals surface area contributed by atoms with Gasteiger partial charge in [-0.2, -0.15) is 0 Å². The van der Waals surface area contributed by atoms with Crippen LogP contribution >= 0.6 is 15.8 Å². The average molecular weight is 244 g/mol. The molecular formula is C13H26P2. The molecule has 2 saturated heterocycles. The van der Waals surface area contributed by atoms with E-state index < -0.39 is 0 Å². The Kier molecular flexibility index (Phi) is 4.12. The first-order valence-corrected chi connectivity index (χ1v) is 9.94. The Morgan fingerprint density at radius 2 is 0.933 bits per heavy atom. The lowest BCUT2D eigenvalue weighted by atomic mass is 10.2. The summed E-state index contributed by atoms with van der Waals surface area (Å²) in [5.41, 5.74) is 4.32. The van der Waals surface area contributed by atoms with E-state index in [2.05, 4.69) is 27.7 Å². The molecule has 0 saturated carbocycles. The SMILES string of the molecule is C[C@@H]1CC[C@@H](C)P1CP1[C@H](C)CC[C@H]1C. The summed E-state index contributed by atoms with van der Waals surface area (Å²) in [6.07, 6.45) is 6.11. The molecule has 2 heteroatoms. The standard InChI is InChI=1S/C13H26P2/c1-10-5-6-11(2)14(10)9-15-12(3)7-8-13(15)4/h10-13H,5-9H2,1-4H3/t10-,11-,12-,13-/m1/s1. The predicted molar refractivity (Wildman–Crippen MR) is 75.0 cm³/mol. The van der Waals surface area contributed by atoms with Crippen molar-refractivity contribution in [3.63, 3.8) is 0 Å². The minimum absolute atomic E-state index is 0.397. The lowest BCUT2D eigenvalue weighted by Crippen LogP contribution is -2.06. The fraction of sp³-hybridized carbons (Fsp3) is 1.00. The molecule has 0 aliphatic carbocycles. The molecule has 15 heavy (non-hydrogen) atoms. The maximum absolute atomic E-state index is 2.52. The maximum atomic E-state index is 2.52. The van der Waals surface area contributed by atoms with E-state index in [4.69, 9.17) is 0 Å². The lowest BCUT2D eigenvalue weighted by molar-refractivity contribution is 0.777. The summed E-state index contributed by atoms with van der Waals surface area (Å²) < 4.78 is 0. The highest BCUT2D eigenvalue weighted by atomic mass is 31.2. The summed E-state index contributed by atoms with van der Waals surface area (Å²) in [7, 11) is 0.794. The van der Waals surface area contributed by atoms with Gasteiger partial charge in [0, 0.05) is 0 Å². The molecule has 2 aliphatic heterocycles. The third kappa shape index (κ3) is 2.58. The summed E-state index contributed by atoms with van der Waals surface area (Å²) in [5.74, 6) is 1.66. The fourth-order valence-corrected chi connectivity index (χ4v) is 12.9. The van der Waals surface area contributed by atoms with E-state index in [1.54, 1.807) is 5.90 Å². The second-order valence-corrected chi connectivity index (χ2v) is 12.4. The van der Waals surface area contributed by atoms with Crippen molar-refractivity contribution in [2.75, 3.05) is 5.90 Å². The van der Waals surface area contributed by atoms with E-state index >= 15 is 0 Å². The van der Waals surface area contributed by atoms with Crippen LogP contribution in [0.2, 0.25) is 0 Å². The minimum Gasteiger partial charge on any atom is -0.0965 e. The van der Waals surface area contributed by atoms with E-state index in [1.807, 2.05) is 0 Å². The van der Waals surface area contributed by atoms with Crippen LogP contribution in [-0.4, -0.2) is 28.5 Å². The zero-order chi connectivity index (χ0) is 11.0. The van der Waals surface area contributed by atoms with Gasteiger partial charge in [-0.25, -0.2) is 0 Å². The van der Waals surface area contributed by atoms with Gasteiger partial charge < -0.3 is 0 Å². The van der Waals surface area contributed by atoms with Crippen molar-refractivity contribution in [3.05, 3.63) is 0 Å². The number of hydrogen-bond donors (Lipinski definition) is 0. The van der Waals surface area contributed by atoms with Crippen molar-refractivity contribution in [3.8, 4) is 0 Å². The molecule has 2 heterocycles. The van der Waals surface area contributed by atoms with Gasteiger partial charge in [-0.05, 0) is 54.2 Å². The Morgan fingerprint density at radius 3 is 1.20 bits per heavy atom. The van der Waals surface area contributed by atoms with Crippen LogP contribution in [0, 0.1) is 0 Å². The fourth-order valence-electron chi connectivity index (χ4n) is 3.24. The van der Waals surface area contributed by atoms with E-state index in [9.17, 15) is 0 Å². The highest BCUT2D eigenvalue weighted by molar-refractivity contribution is 7.76. The maximum Gasteiger partial charge on any atom is -0.0111 e. The molecule has 0 nitrogen and oxygen atoms in total. The van der Waals surface area contributed by atoms with Crippen LogP contribution in [0.25, 0.3) is 0 Å². The Hall–Kier alpha value is 0.860. The van der Waals surface area contributed by atoms with Crippen molar-refractivity contribution in [1.82, 2.24) is 0 Å². The summed E-state index contributed by atoms with van der Waals surface area (Å²) in [6, 6.07) is 0. The largest absolute Gasteiger partial charge is 0.0965 e. The van der Waals surface area contributed by atoms with Crippen molar-refractivity contribution in [2.45, 2.75) is 76.0 Å². The van der Waals surface area contributed by atoms with E-state index in [-0.39, 0.29) is 0 Å². The first kappa shape index (κ1) is 12.3. The molecular weight excluding hydrogens is 218 g/mol. The van der Waals surface area contributed by atoms with Crippen molar-refractivity contribution >= 4 is 15.8 Å². The summed E-state index contributed by atoms with van der Waals surface area (Å²) >= 11 is 0.